The minimum absolute atomic E-state index is 0.0921. The predicted molar refractivity (Wildman–Crippen MR) is 57.2 cm³/mol. The fourth-order valence-corrected chi connectivity index (χ4v) is 1.99. The Morgan fingerprint density at radius 1 is 1.27 bits per heavy atom. The van der Waals surface area contributed by atoms with E-state index >= 15 is 0 Å². The molecule has 0 saturated heterocycles. The molecular formula is C8H20ClNP+. The van der Waals surface area contributed by atoms with Gasteiger partial charge in [-0.2, -0.15) is 0 Å². The number of nitrogens with one attached hydrogen (secondary N) is 1. The highest BCUT2D eigenvalue weighted by Crippen LogP contribution is 2.47. The van der Waals surface area contributed by atoms with Gasteiger partial charge >= 0.3 is 0 Å². The van der Waals surface area contributed by atoms with E-state index in [0.29, 0.717) is 0 Å². The van der Waals surface area contributed by atoms with Crippen LogP contribution in [0.2, 0.25) is 0 Å². The van der Waals surface area contributed by atoms with Crippen LogP contribution in [0.15, 0.2) is 0 Å². The first kappa shape index (κ1) is 11.7. The first-order chi connectivity index (χ1) is 4.77. The SMILES string of the molecule is CC(C)(CC[P+](C)(C)C)NCl. The van der Waals surface area contributed by atoms with E-state index in [0.717, 1.165) is 6.42 Å². The van der Waals surface area contributed by atoms with Crippen LogP contribution in [-0.4, -0.2) is 31.7 Å². The molecule has 68 valence electrons. The van der Waals surface area contributed by atoms with Crippen LogP contribution in [0.3, 0.4) is 0 Å². The molecule has 0 unspecified atom stereocenters. The molecule has 0 bridgehead atoms. The molecule has 0 aromatic rings. The van der Waals surface area contributed by atoms with E-state index in [1.54, 1.807) is 0 Å². The van der Waals surface area contributed by atoms with E-state index in [-0.39, 0.29) is 5.54 Å². The summed E-state index contributed by atoms with van der Waals surface area (Å²) in [6.07, 6.45) is 2.47. The lowest BCUT2D eigenvalue weighted by atomic mass is 10.0. The zero-order chi connectivity index (χ0) is 9.12. The Morgan fingerprint density at radius 2 is 1.73 bits per heavy atom. The van der Waals surface area contributed by atoms with Gasteiger partial charge in [0.1, 0.15) is 0 Å². The van der Waals surface area contributed by atoms with Gasteiger partial charge in [-0.1, -0.05) is 0 Å². The summed E-state index contributed by atoms with van der Waals surface area (Å²) < 4.78 is 0. The van der Waals surface area contributed by atoms with Crippen LogP contribution in [0.5, 0.6) is 0 Å². The van der Waals surface area contributed by atoms with Crippen LogP contribution < -0.4 is 4.84 Å². The largest absolute Gasteiger partial charge is 0.228 e. The first-order valence-corrected chi connectivity index (χ1v) is 7.64. The highest BCUT2D eigenvalue weighted by Gasteiger charge is 2.23. The molecule has 0 aromatic carbocycles. The molecule has 0 fully saturated rings. The van der Waals surface area contributed by atoms with Gasteiger partial charge in [0.05, 0.1) is 6.16 Å². The standard InChI is InChI=1S/C8H20ClNP/c1-8(2,10-9)6-7-11(3,4)5/h10H,6-7H2,1-5H3/q+1. The predicted octanol–water partition coefficient (Wildman–Crippen LogP) is 2.81. The summed E-state index contributed by atoms with van der Waals surface area (Å²) in [5.74, 6) is 0. The van der Waals surface area contributed by atoms with E-state index in [4.69, 9.17) is 11.8 Å². The minimum Gasteiger partial charge on any atom is -0.228 e. The van der Waals surface area contributed by atoms with Crippen molar-refractivity contribution < 1.29 is 0 Å². The molecule has 1 N–H and O–H groups in total. The first-order valence-electron chi connectivity index (χ1n) is 3.95. The zero-order valence-corrected chi connectivity index (χ0v) is 9.89. The number of rotatable bonds is 4. The minimum atomic E-state index is -0.624. The van der Waals surface area contributed by atoms with Gasteiger partial charge in [-0.3, -0.25) is 0 Å². The molecule has 0 spiro atoms. The molecule has 0 amide bonds. The highest BCUT2D eigenvalue weighted by molar-refractivity contribution is 7.73. The lowest BCUT2D eigenvalue weighted by molar-refractivity contribution is 0.461. The van der Waals surface area contributed by atoms with E-state index in [9.17, 15) is 0 Å². The highest BCUT2D eigenvalue weighted by atomic mass is 35.5. The second-order valence-electron chi connectivity index (χ2n) is 4.74. The Hall–Kier alpha value is 0.680. The molecule has 0 aromatic heterocycles. The van der Waals surface area contributed by atoms with Gasteiger partial charge in [-0.05, 0) is 32.0 Å². The summed E-state index contributed by atoms with van der Waals surface area (Å²) in [6, 6.07) is 0. The van der Waals surface area contributed by atoms with Crippen molar-refractivity contribution in [2.45, 2.75) is 25.8 Å². The topological polar surface area (TPSA) is 12.0 Å². The molecular weight excluding hydrogens is 177 g/mol. The van der Waals surface area contributed by atoms with E-state index in [1.807, 2.05) is 0 Å². The van der Waals surface area contributed by atoms with Crippen molar-refractivity contribution in [1.82, 2.24) is 4.84 Å². The van der Waals surface area contributed by atoms with Crippen LogP contribution in [0.25, 0.3) is 0 Å². The van der Waals surface area contributed by atoms with Gasteiger partial charge in [0, 0.05) is 32.8 Å². The van der Waals surface area contributed by atoms with Gasteiger partial charge in [0.25, 0.3) is 0 Å². The Kier molecular flexibility index (Phi) is 4.32. The lowest BCUT2D eigenvalue weighted by Crippen LogP contribution is -2.33. The molecule has 0 aliphatic heterocycles. The Balaban J connectivity index is 3.70. The summed E-state index contributed by atoms with van der Waals surface area (Å²) in [7, 11) is -0.624. The third-order valence-corrected chi connectivity index (χ3v) is 3.74. The van der Waals surface area contributed by atoms with Crippen molar-refractivity contribution in [3.05, 3.63) is 0 Å². The molecule has 1 nitrogen and oxygen atoms in total. The van der Waals surface area contributed by atoms with Gasteiger partial charge in [0.15, 0.2) is 0 Å². The van der Waals surface area contributed by atoms with Gasteiger partial charge in [-0.25, -0.2) is 4.84 Å². The Labute approximate surface area is 76.3 Å². The molecule has 0 saturated carbocycles. The van der Waals surface area contributed by atoms with Crippen molar-refractivity contribution in [3.8, 4) is 0 Å². The monoisotopic (exact) mass is 196 g/mol. The Bertz CT molecular complexity index is 118. The summed E-state index contributed by atoms with van der Waals surface area (Å²) in [6.45, 7) is 11.3. The fraction of sp³-hybridized carbons (Fsp3) is 1.00. The normalized spacial score (nSPS) is 13.6. The molecule has 0 rings (SSSR count). The summed E-state index contributed by atoms with van der Waals surface area (Å²) in [5, 5.41) is 0. The van der Waals surface area contributed by atoms with Crippen LogP contribution in [0.4, 0.5) is 0 Å². The lowest BCUT2D eigenvalue weighted by Gasteiger charge is -2.23. The molecule has 11 heavy (non-hydrogen) atoms. The quantitative estimate of drug-likeness (QED) is 0.539. The van der Waals surface area contributed by atoms with Gasteiger partial charge < -0.3 is 0 Å². The summed E-state index contributed by atoms with van der Waals surface area (Å²) in [5.41, 5.74) is 0.0921. The fourth-order valence-electron chi connectivity index (χ4n) is 0.662. The summed E-state index contributed by atoms with van der Waals surface area (Å²) in [4.78, 5) is 2.80. The summed E-state index contributed by atoms with van der Waals surface area (Å²) >= 11 is 5.58. The smallest absolute Gasteiger partial charge is 0.0604 e. The van der Waals surface area contributed by atoms with E-state index < -0.39 is 7.26 Å². The van der Waals surface area contributed by atoms with Gasteiger partial charge in [0.2, 0.25) is 0 Å². The second-order valence-corrected chi connectivity index (χ2v) is 9.96. The molecule has 0 atom stereocenters. The van der Waals surface area contributed by atoms with Crippen LogP contribution in [0.1, 0.15) is 20.3 Å². The average molecular weight is 197 g/mol. The van der Waals surface area contributed by atoms with Crippen LogP contribution in [-0.2, 0) is 0 Å². The van der Waals surface area contributed by atoms with Crippen molar-refractivity contribution in [2.24, 2.45) is 0 Å². The molecule has 0 heterocycles. The van der Waals surface area contributed by atoms with Crippen molar-refractivity contribution in [1.29, 1.82) is 0 Å². The van der Waals surface area contributed by atoms with Crippen LogP contribution >= 0.6 is 19.0 Å². The third kappa shape index (κ3) is 7.05. The molecule has 0 radical (unpaired) electrons. The average Bonchev–Trinajstić information content (AvgIpc) is 1.83. The molecule has 3 heteroatoms. The maximum absolute atomic E-state index is 5.58. The van der Waals surface area contributed by atoms with Gasteiger partial charge in [-0.15, -0.1) is 0 Å². The number of hydrogen-bond donors (Lipinski definition) is 1. The van der Waals surface area contributed by atoms with E-state index in [1.165, 1.54) is 6.16 Å². The zero-order valence-electron chi connectivity index (χ0n) is 8.24. The maximum Gasteiger partial charge on any atom is 0.0604 e. The van der Waals surface area contributed by atoms with Crippen molar-refractivity contribution in [3.63, 3.8) is 0 Å². The van der Waals surface area contributed by atoms with E-state index in [2.05, 4.69) is 38.7 Å². The number of hydrogen-bond acceptors (Lipinski definition) is 1. The number of halogens is 1. The maximum atomic E-state index is 5.58. The third-order valence-electron chi connectivity index (χ3n) is 1.66. The molecule has 0 aliphatic carbocycles. The van der Waals surface area contributed by atoms with Crippen molar-refractivity contribution in [2.75, 3.05) is 26.2 Å². The van der Waals surface area contributed by atoms with Crippen molar-refractivity contribution >= 4 is 19.0 Å². The van der Waals surface area contributed by atoms with Crippen LogP contribution in [0, 0.1) is 0 Å². The second kappa shape index (κ2) is 4.07. The molecule has 0 aliphatic rings. The Morgan fingerprint density at radius 3 is 2.00 bits per heavy atom.